The predicted molar refractivity (Wildman–Crippen MR) is 77.7 cm³/mol. The first-order valence-corrected chi connectivity index (χ1v) is 9.40. The average molecular weight is 258 g/mol. The predicted octanol–water partition coefficient (Wildman–Crippen LogP) is 3.97. The molecule has 1 N–H and O–H groups in total. The third kappa shape index (κ3) is 4.94. The molecule has 0 aromatic carbocycles. The Morgan fingerprint density at radius 3 is 2.12 bits per heavy atom. The summed E-state index contributed by atoms with van der Waals surface area (Å²) in [5.41, 5.74) is 0. The van der Waals surface area contributed by atoms with Gasteiger partial charge in [0.05, 0.1) is 6.10 Å². The second-order valence-corrected chi connectivity index (χ2v) is 11.3. The molecule has 0 aliphatic rings. The van der Waals surface area contributed by atoms with E-state index in [1.54, 1.807) is 6.08 Å². The number of aliphatic hydroxyl groups excluding tert-OH is 1. The molecule has 102 valence electrons. The highest BCUT2D eigenvalue weighted by molar-refractivity contribution is 6.74. The second-order valence-electron chi connectivity index (χ2n) is 6.53. The minimum absolute atomic E-state index is 0.0887. The molecule has 0 heterocycles. The zero-order chi connectivity index (χ0) is 13.9. The van der Waals surface area contributed by atoms with Gasteiger partial charge in [-0.3, -0.25) is 0 Å². The molecule has 0 bridgehead atoms. The van der Waals surface area contributed by atoms with Crippen molar-refractivity contribution in [2.45, 2.75) is 71.4 Å². The van der Waals surface area contributed by atoms with Gasteiger partial charge in [0.2, 0.25) is 0 Å². The SMILES string of the molecule is C=CC[C@@H](O)[C@@H](C)[C@@H](C)O[Si](C)(C)C(C)(C)C. The molecule has 17 heavy (non-hydrogen) atoms. The monoisotopic (exact) mass is 258 g/mol. The first-order valence-electron chi connectivity index (χ1n) is 6.49. The van der Waals surface area contributed by atoms with Crippen molar-refractivity contribution in [3.05, 3.63) is 12.7 Å². The Hall–Kier alpha value is -0.123. The van der Waals surface area contributed by atoms with E-state index in [-0.39, 0.29) is 23.2 Å². The van der Waals surface area contributed by atoms with Gasteiger partial charge in [-0.2, -0.15) is 0 Å². The Kier molecular flexibility index (Phi) is 6.12. The highest BCUT2D eigenvalue weighted by Gasteiger charge is 2.39. The molecule has 2 nitrogen and oxygen atoms in total. The minimum Gasteiger partial charge on any atom is -0.414 e. The first kappa shape index (κ1) is 16.9. The van der Waals surface area contributed by atoms with E-state index in [0.29, 0.717) is 6.42 Å². The van der Waals surface area contributed by atoms with Crippen LogP contribution in [0.2, 0.25) is 18.1 Å². The number of rotatable bonds is 6. The molecule has 0 fully saturated rings. The van der Waals surface area contributed by atoms with E-state index in [9.17, 15) is 5.11 Å². The molecule has 0 saturated carbocycles. The van der Waals surface area contributed by atoms with Crippen molar-refractivity contribution in [3.8, 4) is 0 Å². The van der Waals surface area contributed by atoms with Gasteiger partial charge < -0.3 is 9.53 Å². The molecule has 0 aromatic rings. The maximum atomic E-state index is 9.95. The van der Waals surface area contributed by atoms with Crippen LogP contribution in [0.4, 0.5) is 0 Å². The van der Waals surface area contributed by atoms with Gasteiger partial charge in [0.1, 0.15) is 0 Å². The van der Waals surface area contributed by atoms with Crippen LogP contribution in [-0.4, -0.2) is 25.6 Å². The van der Waals surface area contributed by atoms with E-state index in [1.807, 2.05) is 6.92 Å². The van der Waals surface area contributed by atoms with Gasteiger partial charge in [-0.1, -0.05) is 33.8 Å². The number of aliphatic hydroxyl groups is 1. The summed E-state index contributed by atoms with van der Waals surface area (Å²) < 4.78 is 6.28. The molecule has 0 rings (SSSR count). The Morgan fingerprint density at radius 1 is 1.29 bits per heavy atom. The van der Waals surface area contributed by atoms with Gasteiger partial charge in [-0.05, 0) is 31.5 Å². The molecule has 0 radical (unpaired) electrons. The summed E-state index contributed by atoms with van der Waals surface area (Å²) in [5, 5.41) is 10.2. The van der Waals surface area contributed by atoms with E-state index < -0.39 is 8.32 Å². The van der Waals surface area contributed by atoms with E-state index in [2.05, 4.69) is 47.4 Å². The van der Waals surface area contributed by atoms with Crippen molar-refractivity contribution in [1.29, 1.82) is 0 Å². The van der Waals surface area contributed by atoms with Crippen molar-refractivity contribution < 1.29 is 9.53 Å². The molecular weight excluding hydrogens is 228 g/mol. The van der Waals surface area contributed by atoms with E-state index in [4.69, 9.17) is 4.43 Å². The lowest BCUT2D eigenvalue weighted by Crippen LogP contribution is -2.46. The topological polar surface area (TPSA) is 29.5 Å². The molecular formula is C14H30O2Si. The molecule has 0 aliphatic carbocycles. The largest absolute Gasteiger partial charge is 0.414 e. The maximum absolute atomic E-state index is 9.95. The van der Waals surface area contributed by atoms with Crippen LogP contribution < -0.4 is 0 Å². The lowest BCUT2D eigenvalue weighted by Gasteiger charge is -2.40. The highest BCUT2D eigenvalue weighted by Crippen LogP contribution is 2.38. The van der Waals surface area contributed by atoms with E-state index in [1.165, 1.54) is 0 Å². The summed E-state index contributed by atoms with van der Waals surface area (Å²) in [6.45, 7) is 19.0. The zero-order valence-electron chi connectivity index (χ0n) is 12.6. The van der Waals surface area contributed by atoms with Gasteiger partial charge in [-0.25, -0.2) is 0 Å². The third-order valence-corrected chi connectivity index (χ3v) is 8.62. The molecule has 0 unspecified atom stereocenters. The average Bonchev–Trinajstić information content (AvgIpc) is 2.14. The van der Waals surface area contributed by atoms with Crippen LogP contribution in [0.15, 0.2) is 12.7 Å². The summed E-state index contributed by atoms with van der Waals surface area (Å²) >= 11 is 0. The van der Waals surface area contributed by atoms with Crippen LogP contribution in [0, 0.1) is 5.92 Å². The highest BCUT2D eigenvalue weighted by atomic mass is 28.4. The molecule has 0 saturated heterocycles. The molecule has 0 aromatic heterocycles. The van der Waals surface area contributed by atoms with Crippen LogP contribution in [0.5, 0.6) is 0 Å². The van der Waals surface area contributed by atoms with Gasteiger partial charge in [0, 0.05) is 12.0 Å². The zero-order valence-corrected chi connectivity index (χ0v) is 13.6. The third-order valence-electron chi connectivity index (χ3n) is 4.04. The standard InChI is InChI=1S/C14H30O2Si/c1-9-10-13(15)11(2)12(3)16-17(7,8)14(4,5)6/h9,11-13,15H,1,10H2,2-8H3/t11-,12+,13+/m0/s1. The first-order chi connectivity index (χ1) is 7.53. The summed E-state index contributed by atoms with van der Waals surface area (Å²) in [6, 6.07) is 0. The van der Waals surface area contributed by atoms with Crippen molar-refractivity contribution >= 4 is 8.32 Å². The second kappa shape index (κ2) is 6.16. The van der Waals surface area contributed by atoms with Crippen molar-refractivity contribution in [2.24, 2.45) is 5.92 Å². The summed E-state index contributed by atoms with van der Waals surface area (Å²) in [6.07, 6.45) is 2.13. The van der Waals surface area contributed by atoms with Crippen LogP contribution >= 0.6 is 0 Å². The van der Waals surface area contributed by atoms with Crippen LogP contribution in [0.1, 0.15) is 41.0 Å². The fraction of sp³-hybridized carbons (Fsp3) is 0.857. The molecule has 3 atom stereocenters. The number of hydrogen-bond acceptors (Lipinski definition) is 2. The Balaban J connectivity index is 4.53. The minimum atomic E-state index is -1.74. The maximum Gasteiger partial charge on any atom is 0.192 e. The van der Waals surface area contributed by atoms with Crippen molar-refractivity contribution in [2.75, 3.05) is 0 Å². The summed E-state index contributed by atoms with van der Waals surface area (Å²) in [4.78, 5) is 0. The van der Waals surface area contributed by atoms with E-state index in [0.717, 1.165) is 0 Å². The Labute approximate surface area is 108 Å². The summed E-state index contributed by atoms with van der Waals surface area (Å²) in [5.74, 6) is 0.141. The Morgan fingerprint density at radius 2 is 1.76 bits per heavy atom. The fourth-order valence-electron chi connectivity index (χ4n) is 1.45. The quantitative estimate of drug-likeness (QED) is 0.577. The van der Waals surface area contributed by atoms with Crippen LogP contribution in [0.3, 0.4) is 0 Å². The van der Waals surface area contributed by atoms with E-state index >= 15 is 0 Å². The molecule has 0 aliphatic heterocycles. The fourth-order valence-corrected chi connectivity index (χ4v) is 2.94. The van der Waals surface area contributed by atoms with Gasteiger partial charge >= 0.3 is 0 Å². The number of hydrogen-bond donors (Lipinski definition) is 1. The van der Waals surface area contributed by atoms with Crippen LogP contribution in [0.25, 0.3) is 0 Å². The van der Waals surface area contributed by atoms with Crippen LogP contribution in [-0.2, 0) is 4.43 Å². The van der Waals surface area contributed by atoms with Gasteiger partial charge in [0.15, 0.2) is 8.32 Å². The Bertz CT molecular complexity index is 243. The lowest BCUT2D eigenvalue weighted by molar-refractivity contribution is 0.0392. The smallest absolute Gasteiger partial charge is 0.192 e. The van der Waals surface area contributed by atoms with Gasteiger partial charge in [0.25, 0.3) is 0 Å². The summed E-state index contributed by atoms with van der Waals surface area (Å²) in [7, 11) is -1.74. The van der Waals surface area contributed by atoms with Crippen molar-refractivity contribution in [1.82, 2.24) is 0 Å². The molecule has 0 spiro atoms. The lowest BCUT2D eigenvalue weighted by atomic mass is 9.97. The van der Waals surface area contributed by atoms with Crippen molar-refractivity contribution in [3.63, 3.8) is 0 Å². The van der Waals surface area contributed by atoms with Gasteiger partial charge in [-0.15, -0.1) is 6.58 Å². The normalized spacial score (nSPS) is 18.6. The molecule has 0 amide bonds. The molecule has 3 heteroatoms.